The Bertz CT molecular complexity index is 384. The largest absolute Gasteiger partial charge is 0.494 e. The standard InChI is InChI=1S/C16H25NO2/c1-4-9-19-15-7-5-13(6-8-15)16(18)14(11-17)10-12(2)3/h5-8,12,14H,4,9-11,17H2,1-3H3. The molecule has 2 N–H and O–H groups in total. The SMILES string of the molecule is CCCOc1ccc(C(=O)C(CN)CC(C)C)cc1. The molecule has 106 valence electrons. The molecule has 19 heavy (non-hydrogen) atoms. The molecule has 0 aliphatic carbocycles. The molecule has 1 atom stereocenters. The zero-order chi connectivity index (χ0) is 14.3. The second-order valence-electron chi connectivity index (χ2n) is 5.30. The lowest BCUT2D eigenvalue weighted by atomic mass is 9.90. The summed E-state index contributed by atoms with van der Waals surface area (Å²) in [6.45, 7) is 7.39. The predicted octanol–water partition coefficient (Wildman–Crippen LogP) is 3.28. The quantitative estimate of drug-likeness (QED) is 0.732. The fourth-order valence-electron chi connectivity index (χ4n) is 2.05. The highest BCUT2D eigenvalue weighted by atomic mass is 16.5. The number of nitrogens with two attached hydrogens (primary N) is 1. The van der Waals surface area contributed by atoms with Gasteiger partial charge in [-0.25, -0.2) is 0 Å². The van der Waals surface area contributed by atoms with E-state index in [0.29, 0.717) is 19.1 Å². The van der Waals surface area contributed by atoms with Crippen molar-refractivity contribution in [1.29, 1.82) is 0 Å². The Morgan fingerprint density at radius 1 is 1.26 bits per heavy atom. The van der Waals surface area contributed by atoms with Gasteiger partial charge < -0.3 is 10.5 Å². The fourth-order valence-corrected chi connectivity index (χ4v) is 2.05. The minimum atomic E-state index is -0.0811. The average Bonchev–Trinajstić information content (AvgIpc) is 2.42. The Hall–Kier alpha value is -1.35. The first kappa shape index (κ1) is 15.7. The summed E-state index contributed by atoms with van der Waals surface area (Å²) in [6.07, 6.45) is 1.81. The second-order valence-corrected chi connectivity index (χ2v) is 5.30. The highest BCUT2D eigenvalue weighted by Crippen LogP contribution is 2.19. The number of benzene rings is 1. The summed E-state index contributed by atoms with van der Waals surface area (Å²) in [5.74, 6) is 1.34. The molecule has 1 unspecified atom stereocenters. The summed E-state index contributed by atoms with van der Waals surface area (Å²) >= 11 is 0. The van der Waals surface area contributed by atoms with E-state index in [2.05, 4.69) is 20.8 Å². The van der Waals surface area contributed by atoms with Gasteiger partial charge in [0.25, 0.3) is 0 Å². The van der Waals surface area contributed by atoms with E-state index in [1.165, 1.54) is 0 Å². The first-order valence-corrected chi connectivity index (χ1v) is 7.05. The average molecular weight is 263 g/mol. The zero-order valence-corrected chi connectivity index (χ0v) is 12.2. The Balaban J connectivity index is 2.70. The van der Waals surface area contributed by atoms with E-state index in [4.69, 9.17) is 10.5 Å². The van der Waals surface area contributed by atoms with Crippen LogP contribution in [-0.2, 0) is 0 Å². The summed E-state index contributed by atoms with van der Waals surface area (Å²) < 4.78 is 5.51. The first-order valence-electron chi connectivity index (χ1n) is 7.05. The van der Waals surface area contributed by atoms with E-state index in [1.807, 2.05) is 24.3 Å². The Morgan fingerprint density at radius 3 is 2.37 bits per heavy atom. The van der Waals surface area contributed by atoms with Crippen LogP contribution in [0.1, 0.15) is 44.0 Å². The van der Waals surface area contributed by atoms with Crippen molar-refractivity contribution in [2.75, 3.05) is 13.2 Å². The maximum atomic E-state index is 12.3. The number of ketones is 1. The Kier molecular flexibility index (Phi) is 6.57. The molecule has 1 aromatic rings. The number of ether oxygens (including phenoxy) is 1. The molecule has 0 heterocycles. The van der Waals surface area contributed by atoms with Crippen LogP contribution in [0, 0.1) is 11.8 Å². The molecule has 1 rings (SSSR count). The number of carbonyl (C=O) groups is 1. The third-order valence-electron chi connectivity index (χ3n) is 3.02. The maximum absolute atomic E-state index is 12.3. The molecule has 0 saturated carbocycles. The highest BCUT2D eigenvalue weighted by Gasteiger charge is 2.19. The van der Waals surface area contributed by atoms with Gasteiger partial charge in [-0.2, -0.15) is 0 Å². The van der Waals surface area contributed by atoms with Crippen molar-refractivity contribution in [3.05, 3.63) is 29.8 Å². The molecule has 0 fully saturated rings. The predicted molar refractivity (Wildman–Crippen MR) is 78.6 cm³/mol. The molecule has 1 aromatic carbocycles. The summed E-state index contributed by atoms with van der Waals surface area (Å²) in [4.78, 5) is 12.3. The second kappa shape index (κ2) is 7.95. The molecule has 0 bridgehead atoms. The fraction of sp³-hybridized carbons (Fsp3) is 0.562. The van der Waals surface area contributed by atoms with Gasteiger partial charge in [0.1, 0.15) is 5.75 Å². The van der Waals surface area contributed by atoms with E-state index in [1.54, 1.807) is 0 Å². The molecule has 0 radical (unpaired) electrons. The number of carbonyl (C=O) groups excluding carboxylic acids is 1. The smallest absolute Gasteiger partial charge is 0.167 e. The minimum Gasteiger partial charge on any atom is -0.494 e. The van der Waals surface area contributed by atoms with Gasteiger partial charge in [-0.05, 0) is 43.0 Å². The number of hydrogen-bond donors (Lipinski definition) is 1. The van der Waals surface area contributed by atoms with E-state index in [0.717, 1.165) is 24.2 Å². The zero-order valence-electron chi connectivity index (χ0n) is 12.2. The van der Waals surface area contributed by atoms with Crippen molar-refractivity contribution in [3.63, 3.8) is 0 Å². The summed E-state index contributed by atoms with van der Waals surface area (Å²) in [5.41, 5.74) is 6.43. The van der Waals surface area contributed by atoms with Gasteiger partial charge in [0.2, 0.25) is 0 Å². The van der Waals surface area contributed by atoms with Crippen LogP contribution in [0.2, 0.25) is 0 Å². The number of Topliss-reactive ketones (excluding diaryl/α,β-unsaturated/α-hetero) is 1. The van der Waals surface area contributed by atoms with Crippen LogP contribution in [0.3, 0.4) is 0 Å². The van der Waals surface area contributed by atoms with Crippen LogP contribution < -0.4 is 10.5 Å². The Morgan fingerprint density at radius 2 is 1.89 bits per heavy atom. The van der Waals surface area contributed by atoms with Crippen LogP contribution in [0.25, 0.3) is 0 Å². The van der Waals surface area contributed by atoms with Crippen LogP contribution >= 0.6 is 0 Å². The molecular weight excluding hydrogens is 238 g/mol. The van der Waals surface area contributed by atoms with Gasteiger partial charge in [-0.15, -0.1) is 0 Å². The van der Waals surface area contributed by atoms with Crippen LogP contribution in [-0.4, -0.2) is 18.9 Å². The molecule has 0 saturated heterocycles. The van der Waals surface area contributed by atoms with Gasteiger partial charge in [-0.1, -0.05) is 20.8 Å². The van der Waals surface area contributed by atoms with Crippen molar-refractivity contribution in [1.82, 2.24) is 0 Å². The minimum absolute atomic E-state index is 0.0811. The monoisotopic (exact) mass is 263 g/mol. The van der Waals surface area contributed by atoms with Crippen molar-refractivity contribution >= 4 is 5.78 Å². The molecule has 0 amide bonds. The lowest BCUT2D eigenvalue weighted by Crippen LogP contribution is -2.25. The van der Waals surface area contributed by atoms with Crippen LogP contribution in [0.4, 0.5) is 0 Å². The van der Waals surface area contributed by atoms with E-state index >= 15 is 0 Å². The third kappa shape index (κ3) is 5.03. The maximum Gasteiger partial charge on any atom is 0.167 e. The third-order valence-corrected chi connectivity index (χ3v) is 3.02. The number of rotatable bonds is 8. The van der Waals surface area contributed by atoms with Crippen molar-refractivity contribution in [2.45, 2.75) is 33.6 Å². The van der Waals surface area contributed by atoms with Crippen molar-refractivity contribution in [3.8, 4) is 5.75 Å². The summed E-state index contributed by atoms with van der Waals surface area (Å²) in [7, 11) is 0. The van der Waals surface area contributed by atoms with E-state index in [9.17, 15) is 4.79 Å². The van der Waals surface area contributed by atoms with Gasteiger partial charge >= 0.3 is 0 Å². The molecule has 0 aliphatic rings. The molecule has 0 aromatic heterocycles. The van der Waals surface area contributed by atoms with Crippen LogP contribution in [0.5, 0.6) is 5.75 Å². The lowest BCUT2D eigenvalue weighted by molar-refractivity contribution is 0.0909. The van der Waals surface area contributed by atoms with E-state index < -0.39 is 0 Å². The molecule has 3 heteroatoms. The summed E-state index contributed by atoms with van der Waals surface area (Å²) in [5, 5.41) is 0. The van der Waals surface area contributed by atoms with Crippen molar-refractivity contribution < 1.29 is 9.53 Å². The topological polar surface area (TPSA) is 52.3 Å². The van der Waals surface area contributed by atoms with E-state index in [-0.39, 0.29) is 11.7 Å². The number of hydrogen-bond acceptors (Lipinski definition) is 3. The highest BCUT2D eigenvalue weighted by molar-refractivity contribution is 5.98. The Labute approximate surface area is 116 Å². The molecule has 0 aliphatic heterocycles. The molecule has 3 nitrogen and oxygen atoms in total. The van der Waals surface area contributed by atoms with Gasteiger partial charge in [0, 0.05) is 18.0 Å². The van der Waals surface area contributed by atoms with Crippen LogP contribution in [0.15, 0.2) is 24.3 Å². The molecule has 0 spiro atoms. The van der Waals surface area contributed by atoms with Crippen molar-refractivity contribution in [2.24, 2.45) is 17.6 Å². The lowest BCUT2D eigenvalue weighted by Gasteiger charge is -2.16. The summed E-state index contributed by atoms with van der Waals surface area (Å²) in [6, 6.07) is 7.37. The first-order chi connectivity index (χ1) is 9.08. The molecular formula is C16H25NO2. The van der Waals surface area contributed by atoms with Gasteiger partial charge in [0.15, 0.2) is 5.78 Å². The van der Waals surface area contributed by atoms with Gasteiger partial charge in [0.05, 0.1) is 6.61 Å². The van der Waals surface area contributed by atoms with Gasteiger partial charge in [-0.3, -0.25) is 4.79 Å². The normalized spacial score (nSPS) is 12.5.